The molecule has 2 aromatic heterocycles. The Labute approximate surface area is 218 Å². The maximum atomic E-state index is 6.20. The van der Waals surface area contributed by atoms with Crippen LogP contribution in [0.2, 0.25) is 0 Å². The summed E-state index contributed by atoms with van der Waals surface area (Å²) in [6.07, 6.45) is 0. The van der Waals surface area contributed by atoms with E-state index in [1.807, 2.05) is 42.5 Å². The van der Waals surface area contributed by atoms with Crippen molar-refractivity contribution >= 4 is 50.5 Å². The Bertz CT molecular complexity index is 1780. The van der Waals surface area contributed by atoms with Gasteiger partial charge >= 0.3 is 0 Å². The first-order valence-corrected chi connectivity index (χ1v) is 12.9. The van der Waals surface area contributed by atoms with E-state index >= 15 is 0 Å². The minimum atomic E-state index is 0.684. The van der Waals surface area contributed by atoms with Gasteiger partial charge in [0.2, 0.25) is 0 Å². The van der Waals surface area contributed by atoms with Gasteiger partial charge in [0, 0.05) is 33.4 Å². The third kappa shape index (κ3) is 3.86. The van der Waals surface area contributed by atoms with E-state index in [-0.39, 0.29) is 0 Å². The molecule has 0 atom stereocenters. The van der Waals surface area contributed by atoms with Crippen LogP contribution in [0.1, 0.15) is 0 Å². The van der Waals surface area contributed by atoms with Crippen molar-refractivity contribution in [2.24, 2.45) is 0 Å². The largest absolute Gasteiger partial charge is 0.455 e. The van der Waals surface area contributed by atoms with Crippen LogP contribution in [0.25, 0.3) is 43.9 Å². The van der Waals surface area contributed by atoms with Crippen molar-refractivity contribution < 1.29 is 4.42 Å². The molecule has 0 radical (unpaired) electrons. The zero-order valence-electron chi connectivity index (χ0n) is 19.8. The quantitative estimate of drug-likeness (QED) is 0.239. The van der Waals surface area contributed by atoms with Crippen LogP contribution in [0.3, 0.4) is 0 Å². The molecule has 0 aliphatic rings. The summed E-state index contributed by atoms with van der Waals surface area (Å²) in [5.41, 5.74) is 6.94. The van der Waals surface area contributed by atoms with E-state index in [1.165, 1.54) is 11.5 Å². The molecule has 2 heterocycles. The van der Waals surface area contributed by atoms with Crippen molar-refractivity contribution in [2.45, 2.75) is 0 Å². The predicted octanol–water partition coefficient (Wildman–Crippen LogP) is 9.24. The van der Waals surface area contributed by atoms with E-state index in [4.69, 9.17) is 13.8 Å². The minimum absolute atomic E-state index is 0.684. The van der Waals surface area contributed by atoms with Crippen LogP contribution < -0.4 is 4.90 Å². The maximum absolute atomic E-state index is 6.20. The summed E-state index contributed by atoms with van der Waals surface area (Å²) >= 11 is 1.40. The molecule has 176 valence electrons. The lowest BCUT2D eigenvalue weighted by Gasteiger charge is -2.25. The summed E-state index contributed by atoms with van der Waals surface area (Å²) in [6.45, 7) is 0. The topological polar surface area (TPSA) is 42.2 Å². The first kappa shape index (κ1) is 21.5. The normalized spacial score (nSPS) is 11.2. The molecule has 0 spiro atoms. The van der Waals surface area contributed by atoms with Crippen LogP contribution in [0.4, 0.5) is 17.1 Å². The number of benzene rings is 5. The molecule has 4 nitrogen and oxygen atoms in total. The number of rotatable bonds is 5. The summed E-state index contributed by atoms with van der Waals surface area (Å²) in [4.78, 5) is 7.14. The first-order valence-electron chi connectivity index (χ1n) is 12.1. The molecule has 0 amide bonds. The Morgan fingerprint density at radius 3 is 1.92 bits per heavy atom. The molecule has 7 rings (SSSR count). The maximum Gasteiger partial charge on any atom is 0.177 e. The van der Waals surface area contributed by atoms with E-state index in [0.717, 1.165) is 55.1 Å². The van der Waals surface area contributed by atoms with Gasteiger partial charge in [-0.3, -0.25) is 0 Å². The van der Waals surface area contributed by atoms with Crippen molar-refractivity contribution in [3.05, 3.63) is 127 Å². The third-order valence-corrected chi connectivity index (χ3v) is 7.24. The minimum Gasteiger partial charge on any atom is -0.455 e. The zero-order chi connectivity index (χ0) is 24.6. The number of anilines is 3. The average molecular weight is 496 g/mol. The SMILES string of the molecule is c1ccc(N(c2ccccc2)c2ccc(-c3nc(-c4cccc5c4oc4ccccc45)ns3)cc2)cc1. The van der Waals surface area contributed by atoms with E-state index in [1.54, 1.807) is 0 Å². The fraction of sp³-hybridized carbons (Fsp3) is 0. The standard InChI is InChI=1S/C32H21N3OS/c1-3-10-23(11-4-1)35(24-12-5-2-6-13-24)25-20-18-22(19-21-25)32-33-31(34-37-32)28-16-9-15-27-26-14-7-8-17-29(26)36-30(27)28/h1-21H. The molecule has 0 saturated carbocycles. The van der Waals surface area contributed by atoms with Gasteiger partial charge in [0.15, 0.2) is 5.82 Å². The van der Waals surface area contributed by atoms with Gasteiger partial charge in [-0.2, -0.15) is 4.37 Å². The third-order valence-electron chi connectivity index (χ3n) is 6.47. The molecular formula is C32H21N3OS. The van der Waals surface area contributed by atoms with Crippen molar-refractivity contribution in [2.75, 3.05) is 4.90 Å². The number of hydrogen-bond acceptors (Lipinski definition) is 5. The Morgan fingerprint density at radius 2 is 1.19 bits per heavy atom. The van der Waals surface area contributed by atoms with Gasteiger partial charge in [-0.1, -0.05) is 66.7 Å². The lowest BCUT2D eigenvalue weighted by molar-refractivity contribution is 0.669. The first-order chi connectivity index (χ1) is 18.3. The lowest BCUT2D eigenvalue weighted by Crippen LogP contribution is -2.09. The Hall–Kier alpha value is -4.74. The highest BCUT2D eigenvalue weighted by Crippen LogP contribution is 2.38. The molecule has 7 aromatic rings. The van der Waals surface area contributed by atoms with Gasteiger partial charge in [-0.05, 0) is 72.2 Å². The van der Waals surface area contributed by atoms with E-state index in [2.05, 4.69) is 89.8 Å². The number of hydrogen-bond donors (Lipinski definition) is 0. The predicted molar refractivity (Wildman–Crippen MR) is 153 cm³/mol. The molecule has 0 bridgehead atoms. The summed E-state index contributed by atoms with van der Waals surface area (Å²) in [5.74, 6) is 0.684. The number of nitrogens with zero attached hydrogens (tertiary/aromatic N) is 3. The molecule has 0 unspecified atom stereocenters. The molecule has 0 fully saturated rings. The van der Waals surface area contributed by atoms with E-state index in [9.17, 15) is 0 Å². The summed E-state index contributed by atoms with van der Waals surface area (Å²) in [6, 6.07) is 43.5. The molecule has 5 aromatic carbocycles. The summed E-state index contributed by atoms with van der Waals surface area (Å²) in [5, 5.41) is 3.06. The molecule has 0 aliphatic carbocycles. The second-order valence-electron chi connectivity index (χ2n) is 8.76. The number of furan rings is 1. The second-order valence-corrected chi connectivity index (χ2v) is 9.51. The van der Waals surface area contributed by atoms with Crippen LogP contribution >= 0.6 is 11.5 Å². The highest BCUT2D eigenvalue weighted by Gasteiger charge is 2.17. The molecular weight excluding hydrogens is 474 g/mol. The Morgan fingerprint density at radius 1 is 0.568 bits per heavy atom. The fourth-order valence-electron chi connectivity index (χ4n) is 4.73. The molecule has 5 heteroatoms. The van der Waals surface area contributed by atoms with Crippen molar-refractivity contribution in [1.29, 1.82) is 0 Å². The van der Waals surface area contributed by atoms with Gasteiger partial charge in [0.05, 0.1) is 5.56 Å². The van der Waals surface area contributed by atoms with E-state index < -0.39 is 0 Å². The van der Waals surface area contributed by atoms with E-state index in [0.29, 0.717) is 5.82 Å². The van der Waals surface area contributed by atoms with Crippen molar-refractivity contribution in [1.82, 2.24) is 9.36 Å². The van der Waals surface area contributed by atoms with Crippen molar-refractivity contribution in [3.8, 4) is 22.0 Å². The van der Waals surface area contributed by atoms with Crippen LogP contribution in [-0.2, 0) is 0 Å². The van der Waals surface area contributed by atoms with Crippen LogP contribution in [0.5, 0.6) is 0 Å². The smallest absolute Gasteiger partial charge is 0.177 e. The fourth-order valence-corrected chi connectivity index (χ4v) is 5.41. The molecule has 37 heavy (non-hydrogen) atoms. The number of fused-ring (bicyclic) bond motifs is 3. The molecule has 0 aliphatic heterocycles. The molecule has 0 N–H and O–H groups in total. The van der Waals surface area contributed by atoms with Gasteiger partial charge in [0.1, 0.15) is 16.2 Å². The highest BCUT2D eigenvalue weighted by atomic mass is 32.1. The van der Waals surface area contributed by atoms with Gasteiger partial charge in [-0.15, -0.1) is 0 Å². The van der Waals surface area contributed by atoms with Crippen LogP contribution in [0.15, 0.2) is 132 Å². The van der Waals surface area contributed by atoms with Gasteiger partial charge in [-0.25, -0.2) is 4.98 Å². The van der Waals surface area contributed by atoms with Crippen molar-refractivity contribution in [3.63, 3.8) is 0 Å². The molecule has 0 saturated heterocycles. The summed E-state index contributed by atoms with van der Waals surface area (Å²) in [7, 11) is 0. The van der Waals surface area contributed by atoms with Gasteiger partial charge < -0.3 is 9.32 Å². The zero-order valence-corrected chi connectivity index (χ0v) is 20.6. The number of para-hydroxylation sites is 4. The van der Waals surface area contributed by atoms with Gasteiger partial charge in [0.25, 0.3) is 0 Å². The number of aromatic nitrogens is 2. The lowest BCUT2D eigenvalue weighted by atomic mass is 10.1. The van der Waals surface area contributed by atoms with Crippen LogP contribution in [-0.4, -0.2) is 9.36 Å². The highest BCUT2D eigenvalue weighted by molar-refractivity contribution is 7.09. The Balaban J connectivity index is 1.25. The summed E-state index contributed by atoms with van der Waals surface area (Å²) < 4.78 is 10.9. The second kappa shape index (κ2) is 9.04. The average Bonchev–Trinajstić information content (AvgIpc) is 3.60. The monoisotopic (exact) mass is 495 g/mol. The van der Waals surface area contributed by atoms with Crippen LogP contribution in [0, 0.1) is 0 Å². The Kier molecular flexibility index (Phi) is 5.26.